The summed E-state index contributed by atoms with van der Waals surface area (Å²) in [5, 5.41) is 9.73. The monoisotopic (exact) mass is 365 g/mol. The number of benzene rings is 1. The first-order valence-corrected chi connectivity index (χ1v) is 9.42. The van der Waals surface area contributed by atoms with Gasteiger partial charge in [0.1, 0.15) is 10.8 Å². The number of hydrogen-bond acceptors (Lipinski definition) is 6. The van der Waals surface area contributed by atoms with Crippen LogP contribution in [0.2, 0.25) is 0 Å². The van der Waals surface area contributed by atoms with Gasteiger partial charge in [-0.2, -0.15) is 0 Å². The average molecular weight is 365 g/mol. The molecule has 6 nitrogen and oxygen atoms in total. The molecule has 1 fully saturated rings. The summed E-state index contributed by atoms with van der Waals surface area (Å²) in [6, 6.07) is 13.6. The van der Waals surface area contributed by atoms with Gasteiger partial charge in [0.15, 0.2) is 0 Å². The summed E-state index contributed by atoms with van der Waals surface area (Å²) in [6.07, 6.45) is 4.05. The summed E-state index contributed by atoms with van der Waals surface area (Å²) in [6.45, 7) is 2.07. The van der Waals surface area contributed by atoms with Gasteiger partial charge < -0.3 is 4.90 Å². The highest BCUT2D eigenvalue weighted by Gasteiger charge is 2.19. The van der Waals surface area contributed by atoms with Gasteiger partial charge in [0, 0.05) is 31.9 Å². The Balaban J connectivity index is 1.50. The Morgan fingerprint density at radius 3 is 2.54 bits per heavy atom. The molecule has 0 spiro atoms. The molecule has 2 aromatic heterocycles. The lowest BCUT2D eigenvalue weighted by molar-refractivity contribution is 0.0992. The molecule has 0 saturated carbocycles. The summed E-state index contributed by atoms with van der Waals surface area (Å²) in [7, 11) is 1.71. The summed E-state index contributed by atoms with van der Waals surface area (Å²) in [4.78, 5) is 21.0. The van der Waals surface area contributed by atoms with Crippen molar-refractivity contribution in [2.45, 2.75) is 12.8 Å². The van der Waals surface area contributed by atoms with Gasteiger partial charge in [0.2, 0.25) is 5.13 Å². The van der Waals surface area contributed by atoms with Gasteiger partial charge in [0.05, 0.1) is 5.56 Å². The minimum absolute atomic E-state index is 0.138. The highest BCUT2D eigenvalue weighted by Crippen LogP contribution is 2.28. The van der Waals surface area contributed by atoms with E-state index in [-0.39, 0.29) is 5.91 Å². The first-order valence-electron chi connectivity index (χ1n) is 8.60. The molecule has 0 radical (unpaired) electrons. The molecule has 3 aromatic rings. The largest absolute Gasteiger partial charge is 0.357 e. The Kier molecular flexibility index (Phi) is 4.62. The molecule has 0 unspecified atom stereocenters. The lowest BCUT2D eigenvalue weighted by atomic mass is 10.2. The zero-order valence-corrected chi connectivity index (χ0v) is 15.3. The highest BCUT2D eigenvalue weighted by molar-refractivity contribution is 7.18. The topological polar surface area (TPSA) is 62.2 Å². The molecule has 1 aromatic carbocycles. The Bertz CT molecular complexity index is 888. The van der Waals surface area contributed by atoms with E-state index in [4.69, 9.17) is 0 Å². The van der Waals surface area contributed by atoms with Crippen molar-refractivity contribution in [1.29, 1.82) is 0 Å². The minimum Gasteiger partial charge on any atom is -0.357 e. The van der Waals surface area contributed by atoms with Crippen LogP contribution < -0.4 is 9.80 Å². The van der Waals surface area contributed by atoms with Crippen LogP contribution in [-0.2, 0) is 0 Å². The standard InChI is InChI=1S/C19H19N5OS/c1-23(19-22-21-17(26-19)14-7-3-2-4-8-14)18(25)15-9-10-16(20-13-15)24-11-5-6-12-24/h2-4,7-10,13H,5-6,11-12H2,1H3. The van der Waals surface area contributed by atoms with E-state index in [1.54, 1.807) is 13.2 Å². The van der Waals surface area contributed by atoms with Crippen LogP contribution >= 0.6 is 11.3 Å². The van der Waals surface area contributed by atoms with Crippen molar-refractivity contribution in [2.24, 2.45) is 0 Å². The second-order valence-corrected chi connectivity index (χ2v) is 7.18. The van der Waals surface area contributed by atoms with E-state index < -0.39 is 0 Å². The molecule has 4 rings (SSSR count). The van der Waals surface area contributed by atoms with Crippen LogP contribution in [0.1, 0.15) is 23.2 Å². The van der Waals surface area contributed by atoms with E-state index in [1.807, 2.05) is 42.5 Å². The maximum atomic E-state index is 12.7. The van der Waals surface area contributed by atoms with Gasteiger partial charge in [-0.15, -0.1) is 10.2 Å². The second kappa shape index (κ2) is 7.21. The molecule has 3 heterocycles. The Morgan fingerprint density at radius 2 is 1.85 bits per heavy atom. The summed E-state index contributed by atoms with van der Waals surface area (Å²) in [5.74, 6) is 0.796. The minimum atomic E-state index is -0.138. The van der Waals surface area contributed by atoms with E-state index in [0.717, 1.165) is 29.5 Å². The molecule has 1 aliphatic heterocycles. The second-order valence-electron chi connectivity index (χ2n) is 6.22. The number of carbonyl (C=O) groups excluding carboxylic acids is 1. The number of rotatable bonds is 4. The molecule has 0 aliphatic carbocycles. The van der Waals surface area contributed by atoms with Crippen LogP contribution in [0.5, 0.6) is 0 Å². The third-order valence-electron chi connectivity index (χ3n) is 4.45. The zero-order chi connectivity index (χ0) is 17.9. The summed E-state index contributed by atoms with van der Waals surface area (Å²) >= 11 is 1.39. The van der Waals surface area contributed by atoms with Gasteiger partial charge in [-0.05, 0) is 25.0 Å². The molecular formula is C19H19N5OS. The maximum absolute atomic E-state index is 12.7. The fraction of sp³-hybridized carbons (Fsp3) is 0.263. The fourth-order valence-corrected chi connectivity index (χ4v) is 3.78. The zero-order valence-electron chi connectivity index (χ0n) is 14.5. The van der Waals surface area contributed by atoms with Gasteiger partial charge in [-0.1, -0.05) is 41.7 Å². The molecule has 1 saturated heterocycles. The van der Waals surface area contributed by atoms with Gasteiger partial charge in [0.25, 0.3) is 5.91 Å². The number of nitrogens with zero attached hydrogens (tertiary/aromatic N) is 5. The first-order chi connectivity index (χ1) is 12.7. The molecule has 26 heavy (non-hydrogen) atoms. The predicted octanol–water partition coefficient (Wildman–Crippen LogP) is 3.48. The molecule has 7 heteroatoms. The SMILES string of the molecule is CN(C(=O)c1ccc(N2CCCC2)nc1)c1nnc(-c2ccccc2)s1. The van der Waals surface area contributed by atoms with E-state index in [0.29, 0.717) is 10.7 Å². The Labute approximate surface area is 156 Å². The van der Waals surface area contributed by atoms with E-state index in [2.05, 4.69) is 20.1 Å². The summed E-state index contributed by atoms with van der Waals surface area (Å²) in [5.41, 5.74) is 1.54. The normalized spacial score (nSPS) is 13.8. The van der Waals surface area contributed by atoms with E-state index >= 15 is 0 Å². The highest BCUT2D eigenvalue weighted by atomic mass is 32.1. The smallest absolute Gasteiger partial charge is 0.261 e. The van der Waals surface area contributed by atoms with Crippen molar-refractivity contribution in [2.75, 3.05) is 29.9 Å². The average Bonchev–Trinajstić information content (AvgIpc) is 3.40. The number of hydrogen-bond donors (Lipinski definition) is 0. The molecular weight excluding hydrogens is 346 g/mol. The third-order valence-corrected chi connectivity index (χ3v) is 5.50. The van der Waals surface area contributed by atoms with Crippen molar-refractivity contribution < 1.29 is 4.79 Å². The van der Waals surface area contributed by atoms with Crippen LogP contribution in [0.25, 0.3) is 10.6 Å². The number of anilines is 2. The molecule has 0 N–H and O–H groups in total. The van der Waals surface area contributed by atoms with Crippen LogP contribution in [0, 0.1) is 0 Å². The predicted molar refractivity (Wildman–Crippen MR) is 104 cm³/mol. The third kappa shape index (κ3) is 3.30. The quantitative estimate of drug-likeness (QED) is 0.708. The number of amides is 1. The molecule has 132 valence electrons. The van der Waals surface area contributed by atoms with Crippen molar-refractivity contribution in [3.8, 4) is 10.6 Å². The van der Waals surface area contributed by atoms with Gasteiger partial charge in [-0.3, -0.25) is 9.69 Å². The fourth-order valence-electron chi connectivity index (χ4n) is 2.97. The van der Waals surface area contributed by atoms with Crippen LogP contribution in [0.4, 0.5) is 10.9 Å². The lowest BCUT2D eigenvalue weighted by Gasteiger charge is -2.17. The first kappa shape index (κ1) is 16.7. The van der Waals surface area contributed by atoms with Crippen LogP contribution in [0.15, 0.2) is 48.7 Å². The molecule has 0 bridgehead atoms. The number of pyridine rings is 1. The van der Waals surface area contributed by atoms with Crippen LogP contribution in [-0.4, -0.2) is 41.2 Å². The lowest BCUT2D eigenvalue weighted by Crippen LogP contribution is -2.26. The van der Waals surface area contributed by atoms with Crippen molar-refractivity contribution in [1.82, 2.24) is 15.2 Å². The number of aromatic nitrogens is 3. The maximum Gasteiger partial charge on any atom is 0.261 e. The Hall–Kier alpha value is -2.80. The van der Waals surface area contributed by atoms with Gasteiger partial charge in [-0.25, -0.2) is 4.98 Å². The summed E-state index contributed by atoms with van der Waals surface area (Å²) < 4.78 is 0. The van der Waals surface area contributed by atoms with Gasteiger partial charge >= 0.3 is 0 Å². The van der Waals surface area contributed by atoms with Crippen LogP contribution in [0.3, 0.4) is 0 Å². The number of carbonyl (C=O) groups is 1. The molecule has 1 amide bonds. The van der Waals surface area contributed by atoms with E-state index in [9.17, 15) is 4.79 Å². The molecule has 0 atom stereocenters. The van der Waals surface area contributed by atoms with Crippen molar-refractivity contribution >= 4 is 28.2 Å². The molecule has 1 aliphatic rings. The Morgan fingerprint density at radius 1 is 1.08 bits per heavy atom. The van der Waals surface area contributed by atoms with Crippen molar-refractivity contribution in [3.63, 3.8) is 0 Å². The van der Waals surface area contributed by atoms with Crippen molar-refractivity contribution in [3.05, 3.63) is 54.2 Å². The van der Waals surface area contributed by atoms with E-state index in [1.165, 1.54) is 29.1 Å².